The number of benzene rings is 1. The second-order valence-electron chi connectivity index (χ2n) is 3.84. The van der Waals surface area contributed by atoms with E-state index in [1.54, 1.807) is 0 Å². The Kier molecular flexibility index (Phi) is 3.86. The Balaban J connectivity index is 1.97. The molecule has 1 aromatic carbocycles. The zero-order valence-corrected chi connectivity index (χ0v) is 10.1. The zero-order valence-electron chi connectivity index (χ0n) is 10.1. The molecule has 0 saturated carbocycles. The van der Waals surface area contributed by atoms with Gasteiger partial charge in [0.1, 0.15) is 0 Å². The smallest absolute Gasteiger partial charge is 0.246 e. The van der Waals surface area contributed by atoms with Gasteiger partial charge in [0.25, 0.3) is 0 Å². The lowest BCUT2D eigenvalue weighted by Gasteiger charge is -1.93. The third-order valence-electron chi connectivity index (χ3n) is 2.30. The average molecular weight is 242 g/mol. The maximum atomic E-state index is 10.9. The van der Waals surface area contributed by atoms with E-state index in [1.807, 2.05) is 49.4 Å². The van der Waals surface area contributed by atoms with Crippen molar-refractivity contribution in [2.24, 2.45) is 10.2 Å². The molecule has 5 heteroatoms. The minimum absolute atomic E-state index is 0.0959. The van der Waals surface area contributed by atoms with E-state index in [4.69, 9.17) is 0 Å². The fraction of sp³-hybridized carbons (Fsp3) is 0.154. The number of rotatable bonds is 3. The van der Waals surface area contributed by atoms with Gasteiger partial charge >= 0.3 is 0 Å². The predicted molar refractivity (Wildman–Crippen MR) is 72.2 cm³/mol. The minimum atomic E-state index is -0.0959. The third kappa shape index (κ3) is 3.55. The number of carbonyl (C=O) groups is 1. The van der Waals surface area contributed by atoms with Gasteiger partial charge in [-0.05, 0) is 18.6 Å². The molecule has 0 bridgehead atoms. The highest BCUT2D eigenvalue weighted by Gasteiger charge is 2.13. The van der Waals surface area contributed by atoms with Crippen LogP contribution < -0.4 is 10.6 Å². The highest BCUT2D eigenvalue weighted by molar-refractivity contribution is 6.04. The van der Waals surface area contributed by atoms with Crippen LogP contribution in [0.15, 0.2) is 46.6 Å². The van der Waals surface area contributed by atoms with Crippen molar-refractivity contribution in [3.63, 3.8) is 0 Å². The van der Waals surface area contributed by atoms with Crippen LogP contribution in [0.1, 0.15) is 12.5 Å². The zero-order chi connectivity index (χ0) is 12.8. The SMILES string of the molecule is CC(C=Cc1ccccc1)=NN=C1NCC(=O)N1. The van der Waals surface area contributed by atoms with Gasteiger partial charge in [-0.25, -0.2) is 0 Å². The number of guanidine groups is 1. The van der Waals surface area contributed by atoms with Crippen LogP contribution in [0.4, 0.5) is 0 Å². The summed E-state index contributed by atoms with van der Waals surface area (Å²) in [5.74, 6) is 0.300. The summed E-state index contributed by atoms with van der Waals surface area (Å²) in [6.45, 7) is 2.10. The Labute approximate surface area is 105 Å². The van der Waals surface area contributed by atoms with Crippen LogP contribution in [0.3, 0.4) is 0 Å². The Hall–Kier alpha value is -2.43. The first kappa shape index (κ1) is 12.0. The Morgan fingerprint density at radius 2 is 2.11 bits per heavy atom. The van der Waals surface area contributed by atoms with E-state index in [1.165, 1.54) is 0 Å². The topological polar surface area (TPSA) is 65.8 Å². The lowest BCUT2D eigenvalue weighted by molar-refractivity contribution is -0.117. The van der Waals surface area contributed by atoms with Gasteiger partial charge < -0.3 is 5.32 Å². The molecule has 92 valence electrons. The van der Waals surface area contributed by atoms with Crippen molar-refractivity contribution in [1.29, 1.82) is 0 Å². The van der Waals surface area contributed by atoms with E-state index in [0.717, 1.165) is 11.3 Å². The summed E-state index contributed by atoms with van der Waals surface area (Å²) in [7, 11) is 0. The normalized spacial score (nSPS) is 18.2. The molecule has 0 spiro atoms. The van der Waals surface area contributed by atoms with E-state index < -0.39 is 0 Å². The molecule has 1 aliphatic heterocycles. The second kappa shape index (κ2) is 5.77. The molecule has 1 aromatic rings. The summed E-state index contributed by atoms with van der Waals surface area (Å²) in [6.07, 6.45) is 3.83. The van der Waals surface area contributed by atoms with Gasteiger partial charge in [-0.15, -0.1) is 5.10 Å². The van der Waals surface area contributed by atoms with Crippen molar-refractivity contribution >= 4 is 23.7 Å². The summed E-state index contributed by atoms with van der Waals surface area (Å²) < 4.78 is 0. The van der Waals surface area contributed by atoms with Crippen LogP contribution in [0.5, 0.6) is 0 Å². The fourth-order valence-electron chi connectivity index (χ4n) is 1.39. The van der Waals surface area contributed by atoms with Crippen LogP contribution in [0, 0.1) is 0 Å². The van der Waals surface area contributed by atoms with Gasteiger partial charge in [-0.3, -0.25) is 10.1 Å². The van der Waals surface area contributed by atoms with E-state index in [2.05, 4.69) is 20.8 Å². The van der Waals surface area contributed by atoms with E-state index in [0.29, 0.717) is 5.96 Å². The molecule has 0 aromatic heterocycles. The monoisotopic (exact) mass is 242 g/mol. The van der Waals surface area contributed by atoms with Gasteiger partial charge in [0, 0.05) is 0 Å². The molecular formula is C13H14N4O. The summed E-state index contributed by atoms with van der Waals surface area (Å²) in [6, 6.07) is 9.94. The van der Waals surface area contributed by atoms with E-state index in [9.17, 15) is 4.79 Å². The first-order valence-corrected chi connectivity index (χ1v) is 5.63. The van der Waals surface area contributed by atoms with Crippen LogP contribution in [0.25, 0.3) is 6.08 Å². The molecule has 1 fully saturated rings. The quantitative estimate of drug-likeness (QED) is 0.617. The van der Waals surface area contributed by atoms with Crippen molar-refractivity contribution in [1.82, 2.24) is 10.6 Å². The highest BCUT2D eigenvalue weighted by Crippen LogP contribution is 2.01. The molecule has 0 radical (unpaired) electrons. The number of amides is 1. The van der Waals surface area contributed by atoms with Crippen molar-refractivity contribution in [3.8, 4) is 0 Å². The average Bonchev–Trinajstić information content (AvgIpc) is 2.81. The van der Waals surface area contributed by atoms with Crippen LogP contribution in [0.2, 0.25) is 0 Å². The van der Waals surface area contributed by atoms with Crippen molar-refractivity contribution in [3.05, 3.63) is 42.0 Å². The molecule has 0 atom stereocenters. The minimum Gasteiger partial charge on any atom is -0.345 e. The van der Waals surface area contributed by atoms with Gasteiger partial charge in [-0.1, -0.05) is 36.4 Å². The Bertz CT molecular complexity index is 517. The van der Waals surface area contributed by atoms with Crippen LogP contribution >= 0.6 is 0 Å². The Morgan fingerprint density at radius 1 is 1.33 bits per heavy atom. The van der Waals surface area contributed by atoms with Crippen LogP contribution in [-0.4, -0.2) is 24.1 Å². The molecule has 0 unspecified atom stereocenters. The third-order valence-corrected chi connectivity index (χ3v) is 2.30. The van der Waals surface area contributed by atoms with Gasteiger partial charge in [-0.2, -0.15) is 5.10 Å². The molecule has 2 rings (SSSR count). The van der Waals surface area contributed by atoms with E-state index >= 15 is 0 Å². The summed E-state index contributed by atoms with van der Waals surface area (Å²) in [5, 5.41) is 13.2. The van der Waals surface area contributed by atoms with E-state index in [-0.39, 0.29) is 12.5 Å². The highest BCUT2D eigenvalue weighted by atomic mass is 16.2. The molecular weight excluding hydrogens is 228 g/mol. The lowest BCUT2D eigenvalue weighted by Crippen LogP contribution is -2.24. The van der Waals surface area contributed by atoms with Crippen molar-refractivity contribution in [2.75, 3.05) is 6.54 Å². The summed E-state index contributed by atoms with van der Waals surface area (Å²) in [4.78, 5) is 10.9. The number of hydrogen-bond donors (Lipinski definition) is 2. The number of hydrogen-bond acceptors (Lipinski definition) is 3. The molecule has 1 saturated heterocycles. The molecule has 1 heterocycles. The number of nitrogens with zero attached hydrogens (tertiary/aromatic N) is 2. The molecule has 1 aliphatic rings. The maximum Gasteiger partial charge on any atom is 0.246 e. The number of nitrogens with one attached hydrogen (secondary N) is 2. The predicted octanol–water partition coefficient (Wildman–Crippen LogP) is 1.15. The summed E-state index contributed by atoms with van der Waals surface area (Å²) in [5.41, 5.74) is 1.86. The standard InChI is InChI=1S/C13H14N4O/c1-10(7-8-11-5-3-2-4-6-11)16-17-13-14-9-12(18)15-13/h2-8H,9H2,1H3,(H2,14,15,17,18). The largest absolute Gasteiger partial charge is 0.345 e. The maximum absolute atomic E-state index is 10.9. The Morgan fingerprint density at radius 3 is 2.78 bits per heavy atom. The first-order chi connectivity index (χ1) is 8.74. The first-order valence-electron chi connectivity index (χ1n) is 5.63. The second-order valence-corrected chi connectivity index (χ2v) is 3.84. The van der Waals surface area contributed by atoms with Crippen molar-refractivity contribution in [2.45, 2.75) is 6.92 Å². The van der Waals surface area contributed by atoms with Gasteiger partial charge in [0.15, 0.2) is 0 Å². The van der Waals surface area contributed by atoms with Gasteiger partial charge in [0.2, 0.25) is 11.9 Å². The number of allylic oxidation sites excluding steroid dienone is 1. The molecule has 1 amide bonds. The van der Waals surface area contributed by atoms with Gasteiger partial charge in [0.05, 0.1) is 12.3 Å². The number of carbonyl (C=O) groups excluding carboxylic acids is 1. The van der Waals surface area contributed by atoms with Crippen molar-refractivity contribution < 1.29 is 4.79 Å². The molecule has 18 heavy (non-hydrogen) atoms. The fourth-order valence-corrected chi connectivity index (χ4v) is 1.39. The molecule has 5 nitrogen and oxygen atoms in total. The summed E-state index contributed by atoms with van der Waals surface area (Å²) >= 11 is 0. The lowest BCUT2D eigenvalue weighted by atomic mass is 10.2. The molecule has 0 aliphatic carbocycles. The van der Waals surface area contributed by atoms with Crippen LogP contribution in [-0.2, 0) is 4.79 Å². The molecule has 2 N–H and O–H groups in total.